The molecular formula is C15H12Cl2O3S. The largest absolute Gasteiger partial charge is 0.481 e. The van der Waals surface area contributed by atoms with Crippen LogP contribution in [0, 0.1) is 0 Å². The number of carboxylic acid groups (broad SMARTS) is 1. The fraction of sp³-hybridized carbons (Fsp3) is 0.133. The molecule has 0 amide bonds. The van der Waals surface area contributed by atoms with E-state index in [0.717, 1.165) is 5.56 Å². The molecular weight excluding hydrogens is 331 g/mol. The van der Waals surface area contributed by atoms with Crippen LogP contribution in [-0.2, 0) is 10.5 Å². The van der Waals surface area contributed by atoms with E-state index < -0.39 is 5.97 Å². The topological polar surface area (TPSA) is 46.5 Å². The first-order valence-electron chi connectivity index (χ1n) is 6.06. The van der Waals surface area contributed by atoms with Crippen LogP contribution in [0.5, 0.6) is 11.5 Å². The normalized spacial score (nSPS) is 10.4. The van der Waals surface area contributed by atoms with Gasteiger partial charge in [-0.15, -0.1) is 11.8 Å². The number of ether oxygens (including phenoxy) is 1. The molecule has 3 nitrogen and oxygen atoms in total. The number of hydrogen-bond donors (Lipinski definition) is 1. The number of aliphatic carboxylic acids is 1. The van der Waals surface area contributed by atoms with Crippen LogP contribution in [0.3, 0.4) is 0 Å². The molecule has 0 atom stereocenters. The molecule has 6 heteroatoms. The molecule has 0 saturated carbocycles. The lowest BCUT2D eigenvalue weighted by atomic mass is 10.2. The second kappa shape index (κ2) is 7.59. The van der Waals surface area contributed by atoms with Gasteiger partial charge in [-0.2, -0.15) is 0 Å². The van der Waals surface area contributed by atoms with E-state index in [1.165, 1.54) is 11.8 Å². The van der Waals surface area contributed by atoms with Gasteiger partial charge in [0.15, 0.2) is 0 Å². The van der Waals surface area contributed by atoms with E-state index in [2.05, 4.69) is 0 Å². The smallest absolute Gasteiger partial charge is 0.313 e. The van der Waals surface area contributed by atoms with Crippen molar-refractivity contribution in [3.8, 4) is 11.5 Å². The van der Waals surface area contributed by atoms with Crippen LogP contribution in [0.4, 0.5) is 0 Å². The number of hydrogen-bond acceptors (Lipinski definition) is 3. The van der Waals surface area contributed by atoms with Crippen LogP contribution in [0.2, 0.25) is 10.0 Å². The molecule has 0 unspecified atom stereocenters. The first-order chi connectivity index (χ1) is 10.0. The predicted octanol–water partition coefficient (Wildman–Crippen LogP) is 5.10. The van der Waals surface area contributed by atoms with Crippen molar-refractivity contribution in [3.63, 3.8) is 0 Å². The molecule has 0 radical (unpaired) electrons. The highest BCUT2D eigenvalue weighted by Crippen LogP contribution is 2.29. The second-order valence-corrected chi connectivity index (χ2v) is 6.02. The van der Waals surface area contributed by atoms with E-state index in [1.807, 2.05) is 6.07 Å². The lowest BCUT2D eigenvalue weighted by molar-refractivity contribution is -0.133. The lowest BCUT2D eigenvalue weighted by Crippen LogP contribution is -1.98. The third-order valence-electron chi connectivity index (χ3n) is 2.56. The van der Waals surface area contributed by atoms with Crippen LogP contribution in [0.15, 0.2) is 42.5 Å². The van der Waals surface area contributed by atoms with Gasteiger partial charge < -0.3 is 9.84 Å². The van der Waals surface area contributed by atoms with E-state index in [1.54, 1.807) is 36.4 Å². The van der Waals surface area contributed by atoms with Gasteiger partial charge in [0.1, 0.15) is 11.5 Å². The molecule has 1 N–H and O–H groups in total. The monoisotopic (exact) mass is 342 g/mol. The summed E-state index contributed by atoms with van der Waals surface area (Å²) in [6.45, 7) is 0. The summed E-state index contributed by atoms with van der Waals surface area (Å²) in [5.74, 6) is 1.06. The van der Waals surface area contributed by atoms with E-state index in [0.29, 0.717) is 27.3 Å². The summed E-state index contributed by atoms with van der Waals surface area (Å²) < 4.78 is 5.67. The summed E-state index contributed by atoms with van der Waals surface area (Å²) in [7, 11) is 0. The minimum Gasteiger partial charge on any atom is -0.481 e. The Hall–Kier alpha value is -1.36. The highest BCUT2D eigenvalue weighted by atomic mass is 35.5. The van der Waals surface area contributed by atoms with Crippen molar-refractivity contribution in [3.05, 3.63) is 58.1 Å². The Bertz CT molecular complexity index is 629. The zero-order chi connectivity index (χ0) is 15.2. The maximum absolute atomic E-state index is 10.5. The third kappa shape index (κ3) is 5.16. The first kappa shape index (κ1) is 16.0. The zero-order valence-corrected chi connectivity index (χ0v) is 13.2. The molecule has 2 rings (SSSR count). The summed E-state index contributed by atoms with van der Waals surface area (Å²) >= 11 is 13.3. The standard InChI is InChI=1S/C15H12Cl2O3S/c16-11-2-5-12(6-3-11)20-13-4-1-10(14(17)7-13)8-21-9-15(18)19/h1-7H,8-9H2,(H,18,19). The van der Waals surface area contributed by atoms with E-state index >= 15 is 0 Å². The molecule has 0 bridgehead atoms. The molecule has 0 spiro atoms. The highest BCUT2D eigenvalue weighted by Gasteiger charge is 2.05. The van der Waals surface area contributed by atoms with Crippen molar-refractivity contribution in [2.45, 2.75) is 5.75 Å². The number of halogens is 2. The average Bonchev–Trinajstić information content (AvgIpc) is 2.43. The number of thioether (sulfide) groups is 1. The Labute approximate surface area is 136 Å². The van der Waals surface area contributed by atoms with Crippen LogP contribution >= 0.6 is 35.0 Å². The van der Waals surface area contributed by atoms with Gasteiger partial charge in [-0.1, -0.05) is 29.3 Å². The minimum absolute atomic E-state index is 0.0549. The number of carboxylic acids is 1. The van der Waals surface area contributed by atoms with Gasteiger partial charge in [0, 0.05) is 15.8 Å². The summed E-state index contributed by atoms with van der Waals surface area (Å²) in [6, 6.07) is 12.4. The van der Waals surface area contributed by atoms with Crippen molar-refractivity contribution in [2.24, 2.45) is 0 Å². The van der Waals surface area contributed by atoms with Gasteiger partial charge in [0.2, 0.25) is 0 Å². The van der Waals surface area contributed by atoms with Crippen LogP contribution < -0.4 is 4.74 Å². The molecule has 0 fully saturated rings. The average molecular weight is 343 g/mol. The zero-order valence-electron chi connectivity index (χ0n) is 10.9. The van der Waals surface area contributed by atoms with Gasteiger partial charge in [-0.25, -0.2) is 0 Å². The molecule has 0 heterocycles. The SMILES string of the molecule is O=C(O)CSCc1ccc(Oc2ccc(Cl)cc2)cc1Cl. The Kier molecular flexibility index (Phi) is 5.79. The van der Waals surface area contributed by atoms with Crippen molar-refractivity contribution < 1.29 is 14.6 Å². The van der Waals surface area contributed by atoms with Crippen LogP contribution in [0.1, 0.15) is 5.56 Å². The van der Waals surface area contributed by atoms with Crippen molar-refractivity contribution in [1.82, 2.24) is 0 Å². The van der Waals surface area contributed by atoms with Gasteiger partial charge in [0.25, 0.3) is 0 Å². The van der Waals surface area contributed by atoms with Crippen LogP contribution in [0.25, 0.3) is 0 Å². The Morgan fingerprint density at radius 2 is 1.76 bits per heavy atom. The van der Waals surface area contributed by atoms with Gasteiger partial charge in [0.05, 0.1) is 5.75 Å². The molecule has 0 aliphatic heterocycles. The number of benzene rings is 2. The molecule has 2 aromatic rings. The Morgan fingerprint density at radius 1 is 1.10 bits per heavy atom. The Morgan fingerprint density at radius 3 is 2.38 bits per heavy atom. The van der Waals surface area contributed by atoms with E-state index in [4.69, 9.17) is 33.0 Å². The van der Waals surface area contributed by atoms with Crippen molar-refractivity contribution >= 4 is 40.9 Å². The van der Waals surface area contributed by atoms with Gasteiger partial charge >= 0.3 is 5.97 Å². The lowest BCUT2D eigenvalue weighted by Gasteiger charge is -2.08. The van der Waals surface area contributed by atoms with Crippen LogP contribution in [-0.4, -0.2) is 16.8 Å². The molecule has 0 saturated heterocycles. The minimum atomic E-state index is -0.834. The molecule has 0 aliphatic carbocycles. The second-order valence-electron chi connectivity index (χ2n) is 4.20. The summed E-state index contributed by atoms with van der Waals surface area (Å²) in [5.41, 5.74) is 0.881. The third-order valence-corrected chi connectivity index (χ3v) is 4.13. The molecule has 0 aliphatic rings. The number of rotatable bonds is 6. The highest BCUT2D eigenvalue weighted by molar-refractivity contribution is 7.99. The molecule has 21 heavy (non-hydrogen) atoms. The molecule has 0 aromatic heterocycles. The van der Waals surface area contributed by atoms with E-state index in [9.17, 15) is 4.79 Å². The van der Waals surface area contributed by atoms with Gasteiger partial charge in [-0.3, -0.25) is 4.79 Å². The van der Waals surface area contributed by atoms with Crippen molar-refractivity contribution in [1.29, 1.82) is 0 Å². The van der Waals surface area contributed by atoms with E-state index in [-0.39, 0.29) is 5.75 Å². The molecule has 110 valence electrons. The fourth-order valence-corrected chi connectivity index (χ4v) is 2.79. The number of carbonyl (C=O) groups is 1. The van der Waals surface area contributed by atoms with Crippen molar-refractivity contribution in [2.75, 3.05) is 5.75 Å². The maximum Gasteiger partial charge on any atom is 0.313 e. The Balaban J connectivity index is 2.01. The summed E-state index contributed by atoms with van der Waals surface area (Å²) in [5, 5.41) is 9.80. The van der Waals surface area contributed by atoms with Gasteiger partial charge in [-0.05, 0) is 42.0 Å². The predicted molar refractivity (Wildman–Crippen MR) is 86.8 cm³/mol. The quantitative estimate of drug-likeness (QED) is 0.792. The fourth-order valence-electron chi connectivity index (χ4n) is 1.60. The first-order valence-corrected chi connectivity index (χ1v) is 7.97. The molecule has 2 aromatic carbocycles. The maximum atomic E-state index is 10.5. The summed E-state index contributed by atoms with van der Waals surface area (Å²) in [6.07, 6.45) is 0. The summed E-state index contributed by atoms with van der Waals surface area (Å²) in [4.78, 5) is 10.5.